The van der Waals surface area contributed by atoms with Gasteiger partial charge in [0.05, 0.1) is 7.11 Å². The number of aromatic nitrogens is 1. The lowest BCUT2D eigenvalue weighted by Gasteiger charge is -2.36. The summed E-state index contributed by atoms with van der Waals surface area (Å²) in [6.45, 7) is 5.65. The molecule has 4 nitrogen and oxygen atoms in total. The van der Waals surface area contributed by atoms with Crippen LogP contribution in [0.3, 0.4) is 0 Å². The van der Waals surface area contributed by atoms with Crippen LogP contribution in [0.15, 0.2) is 54.7 Å². The Labute approximate surface area is 155 Å². The Hall–Kier alpha value is -2.46. The van der Waals surface area contributed by atoms with Gasteiger partial charge in [-0.1, -0.05) is 18.2 Å². The van der Waals surface area contributed by atoms with E-state index in [0.29, 0.717) is 0 Å². The Morgan fingerprint density at radius 2 is 1.73 bits per heavy atom. The summed E-state index contributed by atoms with van der Waals surface area (Å²) in [7, 11) is 1.71. The highest BCUT2D eigenvalue weighted by atomic mass is 16.5. The molecule has 0 spiro atoms. The normalized spacial score (nSPS) is 15.5. The van der Waals surface area contributed by atoms with E-state index in [9.17, 15) is 0 Å². The third kappa shape index (κ3) is 3.70. The zero-order valence-electron chi connectivity index (χ0n) is 15.4. The standard InChI is InChI=1S/C22H27N3O/c1-26-20-10-8-19(9-11-20)25-15-13-24(14-16-25)12-4-5-18-17-23-22-7-3-2-6-21(18)22/h2-3,6-11,17,23H,4-5,12-16H2,1H3. The number of methoxy groups -OCH3 is 1. The summed E-state index contributed by atoms with van der Waals surface area (Å²) in [5, 5.41) is 1.37. The van der Waals surface area contributed by atoms with Crippen LogP contribution in [0.1, 0.15) is 12.0 Å². The van der Waals surface area contributed by atoms with Crippen LogP contribution in [0, 0.1) is 0 Å². The number of hydrogen-bond donors (Lipinski definition) is 1. The molecule has 2 heterocycles. The van der Waals surface area contributed by atoms with Gasteiger partial charge in [-0.15, -0.1) is 0 Å². The second kappa shape index (κ2) is 7.83. The molecule has 0 unspecified atom stereocenters. The molecule has 0 aliphatic carbocycles. The minimum atomic E-state index is 0.921. The number of nitrogens with zero attached hydrogens (tertiary/aromatic N) is 2. The molecule has 1 aliphatic rings. The fraction of sp³-hybridized carbons (Fsp3) is 0.364. The van der Waals surface area contributed by atoms with Crippen molar-refractivity contribution in [2.45, 2.75) is 12.8 Å². The minimum absolute atomic E-state index is 0.921. The summed E-state index contributed by atoms with van der Waals surface area (Å²) < 4.78 is 5.25. The maximum Gasteiger partial charge on any atom is 0.119 e. The van der Waals surface area contributed by atoms with Crippen molar-refractivity contribution in [3.8, 4) is 5.75 Å². The summed E-state index contributed by atoms with van der Waals surface area (Å²) >= 11 is 0. The van der Waals surface area contributed by atoms with Crippen molar-refractivity contribution in [2.75, 3.05) is 44.7 Å². The van der Waals surface area contributed by atoms with E-state index in [4.69, 9.17) is 4.74 Å². The van der Waals surface area contributed by atoms with E-state index >= 15 is 0 Å². The van der Waals surface area contributed by atoms with Crippen molar-refractivity contribution in [3.05, 3.63) is 60.3 Å². The van der Waals surface area contributed by atoms with Gasteiger partial charge in [-0.2, -0.15) is 0 Å². The molecule has 4 heteroatoms. The molecule has 136 valence electrons. The average molecular weight is 349 g/mol. The predicted octanol–water partition coefficient (Wildman–Crippen LogP) is 3.93. The third-order valence-electron chi connectivity index (χ3n) is 5.41. The van der Waals surface area contributed by atoms with Gasteiger partial charge in [-0.3, -0.25) is 4.90 Å². The van der Waals surface area contributed by atoms with Crippen molar-refractivity contribution < 1.29 is 4.74 Å². The topological polar surface area (TPSA) is 31.5 Å². The molecule has 26 heavy (non-hydrogen) atoms. The highest BCUT2D eigenvalue weighted by molar-refractivity contribution is 5.82. The van der Waals surface area contributed by atoms with E-state index in [1.807, 2.05) is 12.1 Å². The molecular formula is C22H27N3O. The van der Waals surface area contributed by atoms with Gasteiger partial charge in [0.2, 0.25) is 0 Å². The van der Waals surface area contributed by atoms with Crippen LogP contribution in [-0.2, 0) is 6.42 Å². The van der Waals surface area contributed by atoms with Gasteiger partial charge in [-0.25, -0.2) is 0 Å². The number of rotatable bonds is 6. The van der Waals surface area contributed by atoms with Gasteiger partial charge in [0, 0.05) is 49.0 Å². The first-order valence-electron chi connectivity index (χ1n) is 9.50. The van der Waals surface area contributed by atoms with Crippen molar-refractivity contribution in [3.63, 3.8) is 0 Å². The number of H-pyrrole nitrogens is 1. The van der Waals surface area contributed by atoms with Crippen molar-refractivity contribution in [1.82, 2.24) is 9.88 Å². The number of aryl methyl sites for hydroxylation is 1. The summed E-state index contributed by atoms with van der Waals surface area (Å²) in [6.07, 6.45) is 4.53. The molecule has 4 rings (SSSR count). The van der Waals surface area contributed by atoms with E-state index in [1.165, 1.54) is 35.1 Å². The Kier molecular flexibility index (Phi) is 5.12. The summed E-state index contributed by atoms with van der Waals surface area (Å²) in [6, 6.07) is 17.0. The number of fused-ring (bicyclic) bond motifs is 1. The summed E-state index contributed by atoms with van der Waals surface area (Å²) in [4.78, 5) is 8.44. The van der Waals surface area contributed by atoms with Crippen LogP contribution in [0.2, 0.25) is 0 Å². The van der Waals surface area contributed by atoms with Crippen molar-refractivity contribution in [2.24, 2.45) is 0 Å². The molecular weight excluding hydrogens is 322 g/mol. The van der Waals surface area contributed by atoms with Crippen LogP contribution in [0.5, 0.6) is 5.75 Å². The summed E-state index contributed by atoms with van der Waals surface area (Å²) in [5.41, 5.74) is 3.98. The molecule has 1 N–H and O–H groups in total. The lowest BCUT2D eigenvalue weighted by molar-refractivity contribution is 0.255. The fourth-order valence-electron chi connectivity index (χ4n) is 3.85. The van der Waals surface area contributed by atoms with E-state index in [0.717, 1.165) is 38.3 Å². The maximum atomic E-state index is 5.25. The van der Waals surface area contributed by atoms with Crippen LogP contribution >= 0.6 is 0 Å². The summed E-state index contributed by atoms with van der Waals surface area (Å²) in [5.74, 6) is 0.921. The second-order valence-electron chi connectivity index (χ2n) is 6.99. The molecule has 0 amide bonds. The van der Waals surface area contributed by atoms with Crippen LogP contribution in [0.4, 0.5) is 5.69 Å². The monoisotopic (exact) mass is 349 g/mol. The molecule has 1 fully saturated rings. The van der Waals surface area contributed by atoms with Crippen molar-refractivity contribution in [1.29, 1.82) is 0 Å². The highest BCUT2D eigenvalue weighted by Crippen LogP contribution is 2.21. The van der Waals surface area contributed by atoms with Crippen LogP contribution < -0.4 is 9.64 Å². The third-order valence-corrected chi connectivity index (χ3v) is 5.41. The number of piperazine rings is 1. The Morgan fingerprint density at radius 3 is 2.50 bits per heavy atom. The molecule has 3 aromatic rings. The molecule has 1 saturated heterocycles. The van der Waals surface area contributed by atoms with E-state index in [-0.39, 0.29) is 0 Å². The molecule has 0 atom stereocenters. The Balaban J connectivity index is 1.25. The van der Waals surface area contributed by atoms with E-state index < -0.39 is 0 Å². The van der Waals surface area contributed by atoms with E-state index in [2.05, 4.69) is 57.4 Å². The number of anilines is 1. The average Bonchev–Trinajstić information content (AvgIpc) is 3.12. The number of benzene rings is 2. The minimum Gasteiger partial charge on any atom is -0.497 e. The van der Waals surface area contributed by atoms with Crippen molar-refractivity contribution >= 4 is 16.6 Å². The highest BCUT2D eigenvalue weighted by Gasteiger charge is 2.17. The molecule has 2 aromatic carbocycles. The van der Waals surface area contributed by atoms with Gasteiger partial charge in [-0.05, 0) is 55.3 Å². The lowest BCUT2D eigenvalue weighted by atomic mass is 10.1. The Bertz CT molecular complexity index is 832. The van der Waals surface area contributed by atoms with Gasteiger partial charge in [0.25, 0.3) is 0 Å². The van der Waals surface area contributed by atoms with Gasteiger partial charge in [0.1, 0.15) is 5.75 Å². The van der Waals surface area contributed by atoms with Crippen LogP contribution in [0.25, 0.3) is 10.9 Å². The van der Waals surface area contributed by atoms with Gasteiger partial charge >= 0.3 is 0 Å². The first-order chi connectivity index (χ1) is 12.8. The van der Waals surface area contributed by atoms with Gasteiger partial charge < -0.3 is 14.6 Å². The molecule has 0 radical (unpaired) electrons. The predicted molar refractivity (Wildman–Crippen MR) is 108 cm³/mol. The molecule has 0 bridgehead atoms. The zero-order chi connectivity index (χ0) is 17.8. The molecule has 1 aromatic heterocycles. The van der Waals surface area contributed by atoms with Gasteiger partial charge in [0.15, 0.2) is 0 Å². The van der Waals surface area contributed by atoms with Crippen LogP contribution in [-0.4, -0.2) is 49.7 Å². The lowest BCUT2D eigenvalue weighted by Crippen LogP contribution is -2.46. The number of aromatic amines is 1. The zero-order valence-corrected chi connectivity index (χ0v) is 15.4. The maximum absolute atomic E-state index is 5.25. The smallest absolute Gasteiger partial charge is 0.119 e. The molecule has 0 saturated carbocycles. The number of nitrogens with one attached hydrogen (secondary N) is 1. The fourth-order valence-corrected chi connectivity index (χ4v) is 3.85. The first-order valence-corrected chi connectivity index (χ1v) is 9.50. The SMILES string of the molecule is COc1ccc(N2CCN(CCCc3c[nH]c4ccccc34)CC2)cc1. The quantitative estimate of drug-likeness (QED) is 0.732. The first kappa shape index (κ1) is 17.0. The number of ether oxygens (including phenoxy) is 1. The number of para-hydroxylation sites is 1. The van der Waals surface area contributed by atoms with E-state index in [1.54, 1.807) is 7.11 Å². The number of hydrogen-bond acceptors (Lipinski definition) is 3. The largest absolute Gasteiger partial charge is 0.497 e. The Morgan fingerprint density at radius 1 is 0.962 bits per heavy atom. The molecule has 1 aliphatic heterocycles. The second-order valence-corrected chi connectivity index (χ2v) is 6.99.